The molecule has 0 saturated heterocycles. The number of nitrogens with zero attached hydrogens (tertiary/aromatic N) is 2. The fourth-order valence-electron chi connectivity index (χ4n) is 2.15. The minimum absolute atomic E-state index is 0.121. The van der Waals surface area contributed by atoms with Crippen LogP contribution in [-0.4, -0.2) is 28.3 Å². The summed E-state index contributed by atoms with van der Waals surface area (Å²) in [5.74, 6) is -0.853. The van der Waals surface area contributed by atoms with Gasteiger partial charge in [-0.1, -0.05) is 23.9 Å². The first kappa shape index (κ1) is 19.2. The monoisotopic (exact) mass is 408 g/mol. The van der Waals surface area contributed by atoms with E-state index in [4.69, 9.17) is 4.74 Å². The van der Waals surface area contributed by atoms with Crippen molar-refractivity contribution >= 4 is 29.1 Å². The van der Waals surface area contributed by atoms with E-state index < -0.39 is 5.97 Å². The van der Waals surface area contributed by atoms with Gasteiger partial charge < -0.3 is 4.74 Å². The Morgan fingerprint density at radius 2 is 1.93 bits per heavy atom. The van der Waals surface area contributed by atoms with Crippen molar-refractivity contribution in [1.29, 1.82) is 0 Å². The van der Waals surface area contributed by atoms with Gasteiger partial charge in [0.25, 0.3) is 0 Å². The van der Waals surface area contributed by atoms with Gasteiger partial charge in [0, 0.05) is 34.2 Å². The fraction of sp³-hybridized carbons (Fsp3) is 0.167. The van der Waals surface area contributed by atoms with Crippen LogP contribution >= 0.6 is 23.1 Å². The maximum atomic E-state index is 13.0. The zero-order chi connectivity index (χ0) is 19.1. The SMILES string of the molecule is O=C(CSc1nc(CCOc2ccc(-c3ccc(F)cc3)cn2)cs1)OF. The molecule has 0 aliphatic carbocycles. The van der Waals surface area contributed by atoms with E-state index in [9.17, 15) is 13.7 Å². The van der Waals surface area contributed by atoms with E-state index in [0.717, 1.165) is 28.6 Å². The average Bonchev–Trinajstić information content (AvgIpc) is 3.15. The van der Waals surface area contributed by atoms with Crippen LogP contribution in [0.5, 0.6) is 5.88 Å². The van der Waals surface area contributed by atoms with Crippen molar-refractivity contribution in [2.75, 3.05) is 12.4 Å². The van der Waals surface area contributed by atoms with Crippen LogP contribution in [-0.2, 0) is 16.2 Å². The van der Waals surface area contributed by atoms with Crippen LogP contribution in [0.3, 0.4) is 0 Å². The number of ether oxygens (including phenoxy) is 1. The molecule has 0 spiro atoms. The molecule has 0 aliphatic heterocycles. The molecule has 3 aromatic rings. The fourth-order valence-corrected chi connectivity index (χ4v) is 3.79. The Balaban J connectivity index is 1.47. The lowest BCUT2D eigenvalue weighted by Gasteiger charge is -2.06. The highest BCUT2D eigenvalue weighted by Crippen LogP contribution is 2.23. The highest BCUT2D eigenvalue weighted by atomic mass is 32.2. The molecule has 3 rings (SSSR count). The second-order valence-corrected chi connectivity index (χ2v) is 7.41. The summed E-state index contributed by atoms with van der Waals surface area (Å²) in [6.07, 6.45) is 2.25. The van der Waals surface area contributed by atoms with Gasteiger partial charge in [0.05, 0.1) is 12.3 Å². The predicted octanol–water partition coefficient (Wildman–Crippen LogP) is 4.49. The van der Waals surface area contributed by atoms with Crippen molar-refractivity contribution in [1.82, 2.24) is 9.97 Å². The van der Waals surface area contributed by atoms with Crippen LogP contribution < -0.4 is 4.74 Å². The molecular formula is C18H14F2N2O3S2. The zero-order valence-corrected chi connectivity index (χ0v) is 15.6. The second kappa shape index (κ2) is 9.43. The van der Waals surface area contributed by atoms with Crippen LogP contribution in [0.4, 0.5) is 8.92 Å². The van der Waals surface area contributed by atoms with E-state index in [2.05, 4.69) is 14.9 Å². The van der Waals surface area contributed by atoms with Gasteiger partial charge in [-0.2, -0.15) is 0 Å². The van der Waals surface area contributed by atoms with Crippen molar-refractivity contribution in [3.63, 3.8) is 0 Å². The molecule has 0 atom stereocenters. The maximum absolute atomic E-state index is 13.0. The number of hydrogen-bond donors (Lipinski definition) is 0. The first-order chi connectivity index (χ1) is 13.1. The molecule has 140 valence electrons. The number of pyridine rings is 1. The lowest BCUT2D eigenvalue weighted by Crippen LogP contribution is -2.03. The number of hydrogen-bond acceptors (Lipinski definition) is 7. The number of halogens is 2. The van der Waals surface area contributed by atoms with Crippen LogP contribution in [0.1, 0.15) is 5.69 Å². The van der Waals surface area contributed by atoms with Gasteiger partial charge in [-0.05, 0) is 23.8 Å². The van der Waals surface area contributed by atoms with E-state index >= 15 is 0 Å². The van der Waals surface area contributed by atoms with Crippen molar-refractivity contribution in [2.45, 2.75) is 10.8 Å². The normalized spacial score (nSPS) is 10.6. The number of carbonyl (C=O) groups is 1. The Morgan fingerprint density at radius 1 is 1.15 bits per heavy atom. The Bertz CT molecular complexity index is 886. The third-order valence-electron chi connectivity index (χ3n) is 3.45. The summed E-state index contributed by atoms with van der Waals surface area (Å²) in [5, 5.41) is 1.86. The average molecular weight is 408 g/mol. The first-order valence-corrected chi connectivity index (χ1v) is 9.74. The van der Waals surface area contributed by atoms with Crippen LogP contribution in [0.2, 0.25) is 0 Å². The molecule has 0 fully saturated rings. The summed E-state index contributed by atoms with van der Waals surface area (Å²) in [5.41, 5.74) is 2.56. The number of thiazole rings is 1. The van der Waals surface area contributed by atoms with Gasteiger partial charge in [0.15, 0.2) is 4.34 Å². The molecule has 0 aliphatic rings. The Kier molecular flexibility index (Phi) is 6.72. The van der Waals surface area contributed by atoms with Crippen LogP contribution in [0.15, 0.2) is 52.3 Å². The van der Waals surface area contributed by atoms with E-state index in [0.29, 0.717) is 23.2 Å². The molecule has 2 aromatic heterocycles. The Morgan fingerprint density at radius 3 is 2.63 bits per heavy atom. The van der Waals surface area contributed by atoms with Gasteiger partial charge in [-0.25, -0.2) is 19.2 Å². The summed E-state index contributed by atoms with van der Waals surface area (Å²) < 4.78 is 30.9. The Labute approximate surface area is 162 Å². The van der Waals surface area contributed by atoms with Crippen LogP contribution in [0.25, 0.3) is 11.1 Å². The lowest BCUT2D eigenvalue weighted by atomic mass is 10.1. The van der Waals surface area contributed by atoms with Gasteiger partial charge in [-0.3, -0.25) is 4.94 Å². The summed E-state index contributed by atoms with van der Waals surface area (Å²) in [6.45, 7) is 0.392. The van der Waals surface area contributed by atoms with Crippen molar-refractivity contribution in [3.8, 4) is 17.0 Å². The largest absolute Gasteiger partial charge is 0.477 e. The highest BCUT2D eigenvalue weighted by Gasteiger charge is 2.08. The molecular weight excluding hydrogens is 394 g/mol. The second-order valence-electron chi connectivity index (χ2n) is 5.33. The molecule has 2 heterocycles. The highest BCUT2D eigenvalue weighted by molar-refractivity contribution is 8.01. The molecule has 1 aromatic carbocycles. The molecule has 0 saturated carbocycles. The van der Waals surface area contributed by atoms with E-state index in [-0.39, 0.29) is 11.6 Å². The zero-order valence-electron chi connectivity index (χ0n) is 13.9. The summed E-state index contributed by atoms with van der Waals surface area (Å²) in [7, 11) is 0. The number of aromatic nitrogens is 2. The minimum Gasteiger partial charge on any atom is -0.477 e. The number of rotatable bonds is 8. The minimum atomic E-state index is -0.935. The van der Waals surface area contributed by atoms with Gasteiger partial charge >= 0.3 is 5.97 Å². The van der Waals surface area contributed by atoms with Crippen LogP contribution in [0, 0.1) is 5.82 Å². The summed E-state index contributed by atoms with van der Waals surface area (Å²) in [6, 6.07) is 9.80. The van der Waals surface area contributed by atoms with E-state index in [1.165, 1.54) is 23.5 Å². The molecule has 0 unspecified atom stereocenters. The molecule has 0 radical (unpaired) electrons. The first-order valence-electron chi connectivity index (χ1n) is 7.87. The smallest absolute Gasteiger partial charge is 0.359 e. The third-order valence-corrected chi connectivity index (χ3v) is 5.50. The Hall–Kier alpha value is -2.52. The van der Waals surface area contributed by atoms with Gasteiger partial charge in [0.2, 0.25) is 5.88 Å². The summed E-state index contributed by atoms with van der Waals surface area (Å²) in [4.78, 5) is 22.4. The van der Waals surface area contributed by atoms with E-state index in [1.54, 1.807) is 24.4 Å². The maximum Gasteiger partial charge on any atom is 0.359 e. The lowest BCUT2D eigenvalue weighted by molar-refractivity contribution is -0.179. The standard InChI is InChI=1S/C18H14F2N2O3S2/c19-14-4-1-12(2-5-14)13-3-6-16(21-9-13)24-8-7-15-10-26-18(22-15)27-11-17(23)25-20/h1-6,9-10H,7-8,11H2. The molecule has 0 N–H and O–H groups in total. The van der Waals surface area contributed by atoms with Crippen molar-refractivity contribution < 1.29 is 23.4 Å². The molecule has 0 amide bonds. The molecule has 9 heteroatoms. The van der Waals surface area contributed by atoms with Gasteiger partial charge in [-0.15, -0.1) is 11.3 Å². The molecule has 5 nitrogen and oxygen atoms in total. The number of carbonyl (C=O) groups excluding carboxylic acids is 1. The predicted molar refractivity (Wildman–Crippen MR) is 98.9 cm³/mol. The number of benzene rings is 1. The topological polar surface area (TPSA) is 61.3 Å². The van der Waals surface area contributed by atoms with Crippen molar-refractivity contribution in [3.05, 3.63) is 59.5 Å². The molecule has 0 bridgehead atoms. The third kappa shape index (κ3) is 5.73. The van der Waals surface area contributed by atoms with Gasteiger partial charge in [0.1, 0.15) is 11.6 Å². The molecule has 27 heavy (non-hydrogen) atoms. The van der Waals surface area contributed by atoms with E-state index in [1.807, 2.05) is 11.4 Å². The quantitative estimate of drug-likeness (QED) is 0.512. The summed E-state index contributed by atoms with van der Waals surface area (Å²) >= 11 is 2.49. The van der Waals surface area contributed by atoms with Crippen molar-refractivity contribution in [2.24, 2.45) is 0 Å². The number of thioether (sulfide) groups is 1.